The van der Waals surface area contributed by atoms with Crippen LogP contribution in [0.5, 0.6) is 11.5 Å². The summed E-state index contributed by atoms with van der Waals surface area (Å²) >= 11 is 6.88. The largest absolute Gasteiger partial charge is 0.497 e. The Balaban J connectivity index is 1.37. The van der Waals surface area contributed by atoms with Crippen molar-refractivity contribution >= 4 is 40.9 Å². The molecule has 1 aromatic heterocycles. The molecule has 0 aliphatic heterocycles. The molecule has 0 aliphatic rings. The highest BCUT2D eigenvalue weighted by atomic mass is 35.5. The van der Waals surface area contributed by atoms with Crippen LogP contribution in [0.1, 0.15) is 5.89 Å². The first-order chi connectivity index (χ1) is 15.0. The van der Waals surface area contributed by atoms with Gasteiger partial charge in [-0.25, -0.2) is 0 Å². The first kappa shape index (κ1) is 22.4. The van der Waals surface area contributed by atoms with Crippen LogP contribution in [0.4, 0.5) is 5.69 Å². The fourth-order valence-electron chi connectivity index (χ4n) is 2.30. The van der Waals surface area contributed by atoms with Crippen molar-refractivity contribution in [3.05, 3.63) is 59.4 Å². The topological polar surface area (TPSA) is 116 Å². The van der Waals surface area contributed by atoms with E-state index in [-0.39, 0.29) is 41.8 Å². The maximum absolute atomic E-state index is 12.1. The maximum Gasteiger partial charge on any atom is 0.277 e. The van der Waals surface area contributed by atoms with Crippen LogP contribution in [-0.4, -0.2) is 41.5 Å². The van der Waals surface area contributed by atoms with Gasteiger partial charge in [0.2, 0.25) is 11.8 Å². The summed E-state index contributed by atoms with van der Waals surface area (Å²) in [5.41, 5.74) is 0.625. The summed E-state index contributed by atoms with van der Waals surface area (Å²) in [5.74, 6) is 0.900. The second-order valence-electron chi connectivity index (χ2n) is 6.05. The minimum absolute atomic E-state index is 0.0480. The number of aromatic nitrogens is 2. The monoisotopic (exact) mass is 462 g/mol. The lowest BCUT2D eigenvalue weighted by atomic mass is 10.3. The minimum Gasteiger partial charge on any atom is -0.497 e. The quantitative estimate of drug-likeness (QED) is 0.441. The van der Waals surface area contributed by atoms with Gasteiger partial charge in [0.25, 0.3) is 11.1 Å². The van der Waals surface area contributed by atoms with E-state index in [0.717, 1.165) is 11.8 Å². The Bertz CT molecular complexity index is 1030. The van der Waals surface area contributed by atoms with Crippen LogP contribution in [0.3, 0.4) is 0 Å². The maximum atomic E-state index is 12.1. The third kappa shape index (κ3) is 7.50. The Morgan fingerprint density at radius 1 is 1.10 bits per heavy atom. The van der Waals surface area contributed by atoms with Crippen molar-refractivity contribution in [1.29, 1.82) is 0 Å². The fraction of sp³-hybridized carbons (Fsp3) is 0.200. The van der Waals surface area contributed by atoms with Crippen molar-refractivity contribution in [3.63, 3.8) is 0 Å². The Morgan fingerprint density at radius 3 is 2.68 bits per heavy atom. The number of halogens is 1. The summed E-state index contributed by atoms with van der Waals surface area (Å²) in [7, 11) is 1.55. The average molecular weight is 463 g/mol. The summed E-state index contributed by atoms with van der Waals surface area (Å²) in [6.45, 7) is -0.117. The Labute approximate surface area is 187 Å². The van der Waals surface area contributed by atoms with Gasteiger partial charge in [-0.05, 0) is 36.4 Å². The molecule has 0 spiro atoms. The number of anilines is 1. The first-order valence-corrected chi connectivity index (χ1v) is 10.4. The van der Waals surface area contributed by atoms with Crippen LogP contribution < -0.4 is 20.1 Å². The highest BCUT2D eigenvalue weighted by molar-refractivity contribution is 7.99. The van der Waals surface area contributed by atoms with Gasteiger partial charge in [0.1, 0.15) is 11.5 Å². The molecule has 0 saturated carbocycles. The van der Waals surface area contributed by atoms with E-state index in [1.165, 1.54) is 0 Å². The fourth-order valence-corrected chi connectivity index (χ4v) is 3.00. The number of amides is 2. The predicted octanol–water partition coefficient (Wildman–Crippen LogP) is 3.16. The van der Waals surface area contributed by atoms with Crippen molar-refractivity contribution in [1.82, 2.24) is 15.5 Å². The van der Waals surface area contributed by atoms with E-state index in [4.69, 9.17) is 25.5 Å². The molecule has 31 heavy (non-hydrogen) atoms. The number of nitrogens with one attached hydrogen (secondary N) is 2. The number of ether oxygens (including phenoxy) is 2. The van der Waals surface area contributed by atoms with Crippen molar-refractivity contribution in [2.24, 2.45) is 0 Å². The SMILES string of the molecule is COc1cccc(NC(=O)CSc2nnc(CNC(=O)COc3ccc(Cl)cc3)o2)c1. The molecule has 2 N–H and O–H groups in total. The second kappa shape index (κ2) is 11.2. The van der Waals surface area contributed by atoms with E-state index in [9.17, 15) is 9.59 Å². The lowest BCUT2D eigenvalue weighted by Crippen LogP contribution is -2.28. The van der Waals surface area contributed by atoms with E-state index in [1.54, 1.807) is 55.6 Å². The standard InChI is InChI=1S/C20H19ClN4O5S/c1-28-16-4-2-3-14(9-16)23-18(27)12-31-20-25-24-19(30-20)10-22-17(26)11-29-15-7-5-13(21)6-8-15/h2-9H,10-12H2,1H3,(H,22,26)(H,23,27). The third-order valence-electron chi connectivity index (χ3n) is 3.75. The van der Waals surface area contributed by atoms with Gasteiger partial charge in [-0.15, -0.1) is 10.2 Å². The van der Waals surface area contributed by atoms with Gasteiger partial charge in [0, 0.05) is 16.8 Å². The van der Waals surface area contributed by atoms with E-state index < -0.39 is 0 Å². The molecular formula is C20H19ClN4O5S. The van der Waals surface area contributed by atoms with Crippen molar-refractivity contribution < 1.29 is 23.5 Å². The van der Waals surface area contributed by atoms with E-state index >= 15 is 0 Å². The Kier molecular flexibility index (Phi) is 8.13. The molecule has 2 amide bonds. The molecule has 0 aliphatic carbocycles. The molecular weight excluding hydrogens is 444 g/mol. The zero-order valence-corrected chi connectivity index (χ0v) is 18.0. The number of benzene rings is 2. The summed E-state index contributed by atoms with van der Waals surface area (Å²) in [4.78, 5) is 24.0. The molecule has 11 heteroatoms. The smallest absolute Gasteiger partial charge is 0.277 e. The van der Waals surface area contributed by atoms with Crippen LogP contribution in [-0.2, 0) is 16.1 Å². The highest BCUT2D eigenvalue weighted by Crippen LogP contribution is 2.19. The number of nitrogens with zero attached hydrogens (tertiary/aromatic N) is 2. The molecule has 0 atom stereocenters. The number of carbonyl (C=O) groups excluding carboxylic acids is 2. The average Bonchev–Trinajstić information content (AvgIpc) is 3.24. The molecule has 0 bridgehead atoms. The van der Waals surface area contributed by atoms with E-state index in [2.05, 4.69) is 20.8 Å². The van der Waals surface area contributed by atoms with Crippen LogP contribution in [0.2, 0.25) is 5.02 Å². The van der Waals surface area contributed by atoms with E-state index in [1.807, 2.05) is 0 Å². The minimum atomic E-state index is -0.347. The highest BCUT2D eigenvalue weighted by Gasteiger charge is 2.11. The molecule has 0 fully saturated rings. The third-order valence-corrected chi connectivity index (χ3v) is 4.82. The van der Waals surface area contributed by atoms with Crippen molar-refractivity contribution in [3.8, 4) is 11.5 Å². The normalized spacial score (nSPS) is 10.4. The van der Waals surface area contributed by atoms with Gasteiger partial charge in [0.05, 0.1) is 19.4 Å². The molecule has 9 nitrogen and oxygen atoms in total. The number of methoxy groups -OCH3 is 1. The summed E-state index contributed by atoms with van der Waals surface area (Å²) in [6, 6.07) is 13.7. The number of hydrogen-bond acceptors (Lipinski definition) is 8. The molecule has 3 rings (SSSR count). The number of thioether (sulfide) groups is 1. The van der Waals surface area contributed by atoms with Gasteiger partial charge in [0.15, 0.2) is 6.61 Å². The van der Waals surface area contributed by atoms with Crippen LogP contribution in [0.25, 0.3) is 0 Å². The second-order valence-corrected chi connectivity index (χ2v) is 7.41. The van der Waals surface area contributed by atoms with Gasteiger partial charge >= 0.3 is 0 Å². The zero-order chi connectivity index (χ0) is 22.1. The number of rotatable bonds is 10. The first-order valence-electron chi connectivity index (χ1n) is 9.06. The molecule has 0 radical (unpaired) electrons. The summed E-state index contributed by atoms with van der Waals surface area (Å²) in [5, 5.41) is 13.9. The zero-order valence-electron chi connectivity index (χ0n) is 16.5. The van der Waals surface area contributed by atoms with E-state index in [0.29, 0.717) is 22.2 Å². The van der Waals surface area contributed by atoms with Crippen LogP contribution in [0, 0.1) is 0 Å². The van der Waals surface area contributed by atoms with Crippen LogP contribution in [0.15, 0.2) is 58.2 Å². The number of carbonyl (C=O) groups is 2. The lowest BCUT2D eigenvalue weighted by Gasteiger charge is -2.06. The van der Waals surface area contributed by atoms with Crippen molar-refractivity contribution in [2.75, 3.05) is 24.8 Å². The van der Waals surface area contributed by atoms with Crippen molar-refractivity contribution in [2.45, 2.75) is 11.8 Å². The van der Waals surface area contributed by atoms with Crippen LogP contribution >= 0.6 is 23.4 Å². The summed E-state index contributed by atoms with van der Waals surface area (Å²) in [6.07, 6.45) is 0. The molecule has 0 unspecified atom stereocenters. The van der Waals surface area contributed by atoms with Gasteiger partial charge in [-0.3, -0.25) is 9.59 Å². The Hall–Kier alpha value is -3.24. The Morgan fingerprint density at radius 2 is 1.90 bits per heavy atom. The number of hydrogen-bond donors (Lipinski definition) is 2. The molecule has 2 aromatic carbocycles. The molecule has 1 heterocycles. The predicted molar refractivity (Wildman–Crippen MR) is 115 cm³/mol. The molecule has 0 saturated heterocycles. The van der Waals surface area contributed by atoms with Gasteiger partial charge in [-0.1, -0.05) is 29.4 Å². The van der Waals surface area contributed by atoms with Gasteiger partial charge in [-0.2, -0.15) is 0 Å². The lowest BCUT2D eigenvalue weighted by molar-refractivity contribution is -0.123. The summed E-state index contributed by atoms with van der Waals surface area (Å²) < 4.78 is 15.9. The van der Waals surface area contributed by atoms with Gasteiger partial charge < -0.3 is 24.5 Å². The molecule has 162 valence electrons. The molecule has 3 aromatic rings.